The van der Waals surface area contributed by atoms with Crippen molar-refractivity contribution in [3.63, 3.8) is 0 Å². The molecule has 7 nitrogen and oxygen atoms in total. The highest BCUT2D eigenvalue weighted by Gasteiger charge is 2.68. The van der Waals surface area contributed by atoms with Crippen molar-refractivity contribution in [2.45, 2.75) is 96.4 Å². The van der Waals surface area contributed by atoms with Gasteiger partial charge in [-0.05, 0) is 67.6 Å². The molecule has 3 aliphatic carbocycles. The van der Waals surface area contributed by atoms with Gasteiger partial charge in [0.25, 0.3) is 0 Å². The predicted molar refractivity (Wildman–Crippen MR) is 157 cm³/mol. The van der Waals surface area contributed by atoms with E-state index in [0.717, 1.165) is 29.7 Å². The molecule has 220 valence electrons. The van der Waals surface area contributed by atoms with Gasteiger partial charge in [0.2, 0.25) is 5.91 Å². The van der Waals surface area contributed by atoms with Gasteiger partial charge in [-0.2, -0.15) is 0 Å². The van der Waals surface area contributed by atoms with Crippen LogP contribution in [0, 0.1) is 34.0 Å². The van der Waals surface area contributed by atoms with Crippen molar-refractivity contribution in [2.24, 2.45) is 39.7 Å². The summed E-state index contributed by atoms with van der Waals surface area (Å²) in [6, 6.07) is 7.10. The maximum Gasteiger partial charge on any atom is 0.316 e. The highest BCUT2D eigenvalue weighted by molar-refractivity contribution is 8.00. The summed E-state index contributed by atoms with van der Waals surface area (Å²) in [7, 11) is 0. The molecule has 3 aliphatic rings. The van der Waals surface area contributed by atoms with E-state index >= 15 is 0 Å². The van der Waals surface area contributed by atoms with E-state index in [1.54, 1.807) is 6.92 Å². The molecule has 2 bridgehead atoms. The Morgan fingerprint density at radius 2 is 2.02 bits per heavy atom. The number of rotatable bonds is 8. The number of benzene rings is 1. The first-order chi connectivity index (χ1) is 18.8. The van der Waals surface area contributed by atoms with Crippen LogP contribution in [0.5, 0.6) is 0 Å². The molecule has 0 heterocycles. The Bertz CT molecular complexity index is 1160. The van der Waals surface area contributed by atoms with Gasteiger partial charge in [-0.1, -0.05) is 45.9 Å². The fourth-order valence-electron chi connectivity index (χ4n) is 7.93. The van der Waals surface area contributed by atoms with Crippen molar-refractivity contribution < 1.29 is 24.2 Å². The molecule has 4 rings (SSSR count). The molecule has 0 aliphatic heterocycles. The van der Waals surface area contributed by atoms with Crippen LogP contribution in [-0.4, -0.2) is 46.8 Å². The van der Waals surface area contributed by atoms with E-state index in [4.69, 9.17) is 10.5 Å². The molecular weight excluding hydrogens is 524 g/mol. The number of hydrogen-bond donors (Lipinski definition) is 3. The van der Waals surface area contributed by atoms with Gasteiger partial charge in [0.05, 0.1) is 17.9 Å². The first-order valence-electron chi connectivity index (χ1n) is 14.6. The van der Waals surface area contributed by atoms with Crippen LogP contribution >= 0.6 is 11.8 Å². The molecule has 3 fully saturated rings. The highest BCUT2D eigenvalue weighted by Crippen LogP contribution is 2.68. The Labute approximate surface area is 243 Å². The summed E-state index contributed by atoms with van der Waals surface area (Å²) in [6.07, 6.45) is 4.18. The number of ether oxygens (including phenoxy) is 1. The standard InChI is InChI=1S/C32H46N2O5S/c1-7-30(5)16-25(31(6)19(2)11-13-32(20(3)28(30)37)14-12-24(35)27(31)32)39-26(36)18-40-23-10-8-9-22(15-23)17-34-29(38)21(4)33/h7-10,15,19-21,25,27-28,37H,1,11-14,16-18,33H2,2-6H3,(H,34,38)/t19?,20-,21-,25+,27?,28-,30+,31-,32?/m0/s1. The first-order valence-corrected chi connectivity index (χ1v) is 15.6. The second-order valence-corrected chi connectivity index (χ2v) is 14.1. The molecule has 9 atom stereocenters. The number of nitrogens with one attached hydrogen (secondary N) is 1. The predicted octanol–water partition coefficient (Wildman–Crippen LogP) is 4.65. The molecule has 3 saturated carbocycles. The topological polar surface area (TPSA) is 119 Å². The van der Waals surface area contributed by atoms with Gasteiger partial charge in [0, 0.05) is 34.6 Å². The van der Waals surface area contributed by atoms with E-state index in [1.165, 1.54) is 11.8 Å². The number of aliphatic hydroxyl groups is 1. The fraction of sp³-hybridized carbons (Fsp3) is 0.656. The number of nitrogens with two attached hydrogens (primary N) is 1. The lowest BCUT2D eigenvalue weighted by molar-refractivity contribution is -0.205. The van der Waals surface area contributed by atoms with E-state index in [9.17, 15) is 19.5 Å². The number of Topliss-reactive ketones (excluding diaryl/α,β-unsaturated/α-hetero) is 1. The average Bonchev–Trinajstić information content (AvgIpc) is 3.29. The zero-order valence-electron chi connectivity index (χ0n) is 24.6. The summed E-state index contributed by atoms with van der Waals surface area (Å²) in [5.41, 5.74) is 5.07. The summed E-state index contributed by atoms with van der Waals surface area (Å²) in [5, 5.41) is 14.5. The van der Waals surface area contributed by atoms with Crippen LogP contribution in [0.15, 0.2) is 41.8 Å². The number of aliphatic hydroxyl groups excluding tert-OH is 1. The number of carbonyl (C=O) groups is 3. The second kappa shape index (κ2) is 11.6. The number of amides is 1. The number of ketones is 1. The monoisotopic (exact) mass is 570 g/mol. The molecule has 40 heavy (non-hydrogen) atoms. The van der Waals surface area contributed by atoms with E-state index in [1.807, 2.05) is 37.3 Å². The molecule has 4 N–H and O–H groups in total. The van der Waals surface area contributed by atoms with Gasteiger partial charge in [0.15, 0.2) is 0 Å². The summed E-state index contributed by atoms with van der Waals surface area (Å²) in [6.45, 7) is 14.5. The lowest BCUT2D eigenvalue weighted by Gasteiger charge is -2.61. The number of carbonyl (C=O) groups excluding carboxylic acids is 3. The van der Waals surface area contributed by atoms with Crippen LogP contribution in [0.4, 0.5) is 0 Å². The Morgan fingerprint density at radius 1 is 1.30 bits per heavy atom. The van der Waals surface area contributed by atoms with Crippen LogP contribution in [0.25, 0.3) is 0 Å². The summed E-state index contributed by atoms with van der Waals surface area (Å²) in [5.74, 6) is -0.300. The summed E-state index contributed by atoms with van der Waals surface area (Å²) >= 11 is 1.38. The molecule has 0 spiro atoms. The fourth-order valence-corrected chi connectivity index (χ4v) is 8.69. The highest BCUT2D eigenvalue weighted by atomic mass is 32.2. The molecule has 8 heteroatoms. The first kappa shape index (κ1) is 30.8. The number of esters is 1. The third-order valence-corrected chi connectivity index (χ3v) is 11.7. The summed E-state index contributed by atoms with van der Waals surface area (Å²) < 4.78 is 6.34. The minimum atomic E-state index is -0.683. The molecule has 0 radical (unpaired) electrons. The summed E-state index contributed by atoms with van der Waals surface area (Å²) in [4.78, 5) is 39.7. The minimum Gasteiger partial charge on any atom is -0.461 e. The average molecular weight is 571 g/mol. The Hall–Kier alpha value is -2.16. The number of thioether (sulfide) groups is 1. The lowest BCUT2D eigenvalue weighted by atomic mass is 9.44. The lowest BCUT2D eigenvalue weighted by Crippen LogP contribution is -2.63. The molecule has 0 aromatic heterocycles. The zero-order valence-corrected chi connectivity index (χ0v) is 25.4. The third kappa shape index (κ3) is 5.39. The number of hydrogen-bond acceptors (Lipinski definition) is 7. The molecule has 0 saturated heterocycles. The quantitative estimate of drug-likeness (QED) is 0.237. The van der Waals surface area contributed by atoms with E-state index in [-0.39, 0.29) is 46.6 Å². The van der Waals surface area contributed by atoms with Crippen LogP contribution < -0.4 is 11.1 Å². The molecule has 1 aromatic rings. The van der Waals surface area contributed by atoms with Crippen molar-refractivity contribution in [1.29, 1.82) is 0 Å². The van der Waals surface area contributed by atoms with Gasteiger partial charge < -0.3 is 20.9 Å². The van der Waals surface area contributed by atoms with Crippen molar-refractivity contribution in [3.05, 3.63) is 42.5 Å². The van der Waals surface area contributed by atoms with Gasteiger partial charge >= 0.3 is 5.97 Å². The van der Waals surface area contributed by atoms with Crippen molar-refractivity contribution in [1.82, 2.24) is 5.32 Å². The van der Waals surface area contributed by atoms with E-state index in [2.05, 4.69) is 32.7 Å². The minimum absolute atomic E-state index is 0.0592. The zero-order chi connectivity index (χ0) is 29.5. The molecular formula is C32H46N2O5S. The van der Waals surface area contributed by atoms with Gasteiger partial charge in [-0.3, -0.25) is 14.4 Å². The molecule has 3 unspecified atom stereocenters. The van der Waals surface area contributed by atoms with Gasteiger partial charge in [-0.25, -0.2) is 0 Å². The Morgan fingerprint density at radius 3 is 2.70 bits per heavy atom. The van der Waals surface area contributed by atoms with Crippen LogP contribution in [-0.2, 0) is 25.7 Å². The van der Waals surface area contributed by atoms with Gasteiger partial charge in [-0.15, -0.1) is 18.3 Å². The van der Waals surface area contributed by atoms with Crippen LogP contribution in [0.1, 0.15) is 72.3 Å². The maximum atomic E-state index is 13.5. The molecule has 1 aromatic carbocycles. The second-order valence-electron chi connectivity index (χ2n) is 13.0. The van der Waals surface area contributed by atoms with E-state index in [0.29, 0.717) is 19.4 Å². The smallest absolute Gasteiger partial charge is 0.316 e. The van der Waals surface area contributed by atoms with Gasteiger partial charge in [0.1, 0.15) is 11.9 Å². The normalized spacial score (nSPS) is 38.0. The molecule has 1 amide bonds. The maximum absolute atomic E-state index is 13.5. The Kier molecular flexibility index (Phi) is 8.94. The van der Waals surface area contributed by atoms with Crippen molar-refractivity contribution in [3.8, 4) is 0 Å². The van der Waals surface area contributed by atoms with Crippen LogP contribution in [0.2, 0.25) is 0 Å². The SMILES string of the molecule is C=C[C@]1(C)C[C@@H](OC(=O)CSc2cccc(CNC(=O)[C@H](C)N)c2)[C@]2(C)C(C)CCC3(CCC(=O)C32)[C@@H](C)[C@@H]1O. The largest absolute Gasteiger partial charge is 0.461 e. The van der Waals surface area contributed by atoms with Crippen molar-refractivity contribution >= 4 is 29.4 Å². The van der Waals surface area contributed by atoms with Crippen LogP contribution in [0.3, 0.4) is 0 Å². The Balaban J connectivity index is 1.55. The van der Waals surface area contributed by atoms with Crippen molar-refractivity contribution in [2.75, 3.05) is 5.75 Å². The van der Waals surface area contributed by atoms with E-state index < -0.39 is 29.1 Å². The third-order valence-electron chi connectivity index (χ3n) is 10.7.